The molecule has 1 aliphatic rings. The molecule has 18 heavy (non-hydrogen) atoms. The fourth-order valence-corrected chi connectivity index (χ4v) is 2.54. The molecule has 0 aromatic heterocycles. The van der Waals surface area contributed by atoms with Gasteiger partial charge in [-0.1, -0.05) is 0 Å². The Bertz CT molecular complexity index is 260. The van der Waals surface area contributed by atoms with Crippen LogP contribution in [0.1, 0.15) is 47.5 Å². The molecule has 106 valence electrons. The lowest BCUT2D eigenvalue weighted by Gasteiger charge is -2.34. The van der Waals surface area contributed by atoms with Crippen LogP contribution in [-0.2, 0) is 4.79 Å². The van der Waals surface area contributed by atoms with Gasteiger partial charge in [-0.15, -0.1) is 0 Å². The standard InChI is InChI=1S/C14H29N3O/c1-10(2)16-14(18)12(5)17(11(3)4)9-13-7-6-8-15-13/h10-13,15H,6-9H2,1-5H3,(H,16,18). The predicted octanol–water partition coefficient (Wildman–Crippen LogP) is 1.36. The Balaban J connectivity index is 2.56. The summed E-state index contributed by atoms with van der Waals surface area (Å²) in [5.41, 5.74) is 0. The van der Waals surface area contributed by atoms with E-state index in [0.717, 1.165) is 13.1 Å². The predicted molar refractivity (Wildman–Crippen MR) is 75.6 cm³/mol. The third kappa shape index (κ3) is 4.58. The van der Waals surface area contributed by atoms with Crippen molar-refractivity contribution in [2.75, 3.05) is 13.1 Å². The highest BCUT2D eigenvalue weighted by Gasteiger charge is 2.27. The van der Waals surface area contributed by atoms with Gasteiger partial charge in [-0.2, -0.15) is 0 Å². The fraction of sp³-hybridized carbons (Fsp3) is 0.929. The van der Waals surface area contributed by atoms with E-state index in [1.807, 2.05) is 20.8 Å². The third-order valence-electron chi connectivity index (χ3n) is 3.56. The van der Waals surface area contributed by atoms with Crippen molar-refractivity contribution in [1.82, 2.24) is 15.5 Å². The van der Waals surface area contributed by atoms with Gasteiger partial charge < -0.3 is 10.6 Å². The number of rotatable bonds is 6. The highest BCUT2D eigenvalue weighted by Crippen LogP contribution is 2.12. The number of nitrogens with zero attached hydrogens (tertiary/aromatic N) is 1. The van der Waals surface area contributed by atoms with Crippen molar-refractivity contribution in [2.45, 2.75) is 71.6 Å². The fourth-order valence-electron chi connectivity index (χ4n) is 2.54. The molecule has 0 saturated carbocycles. The Morgan fingerprint density at radius 3 is 2.44 bits per heavy atom. The third-order valence-corrected chi connectivity index (χ3v) is 3.56. The highest BCUT2D eigenvalue weighted by atomic mass is 16.2. The molecule has 1 saturated heterocycles. The Labute approximate surface area is 111 Å². The number of carbonyl (C=O) groups is 1. The van der Waals surface area contributed by atoms with Gasteiger partial charge in [0, 0.05) is 24.7 Å². The van der Waals surface area contributed by atoms with E-state index in [4.69, 9.17) is 0 Å². The summed E-state index contributed by atoms with van der Waals surface area (Å²) in [6, 6.07) is 1.08. The van der Waals surface area contributed by atoms with Crippen molar-refractivity contribution < 1.29 is 4.79 Å². The summed E-state index contributed by atoms with van der Waals surface area (Å²) in [5.74, 6) is 0.136. The first kappa shape index (κ1) is 15.4. The van der Waals surface area contributed by atoms with Gasteiger partial charge in [-0.3, -0.25) is 9.69 Å². The van der Waals surface area contributed by atoms with E-state index in [0.29, 0.717) is 12.1 Å². The molecule has 0 spiro atoms. The van der Waals surface area contributed by atoms with Crippen LogP contribution >= 0.6 is 0 Å². The van der Waals surface area contributed by atoms with Crippen LogP contribution in [0.15, 0.2) is 0 Å². The number of amides is 1. The lowest BCUT2D eigenvalue weighted by atomic mass is 10.1. The molecule has 4 heteroatoms. The Morgan fingerprint density at radius 2 is 2.00 bits per heavy atom. The maximum atomic E-state index is 12.1. The Kier molecular flexibility index (Phi) is 6.09. The molecule has 4 nitrogen and oxygen atoms in total. The van der Waals surface area contributed by atoms with Crippen LogP contribution < -0.4 is 10.6 Å². The van der Waals surface area contributed by atoms with Crippen LogP contribution in [0.4, 0.5) is 0 Å². The molecule has 1 amide bonds. The highest BCUT2D eigenvalue weighted by molar-refractivity contribution is 5.81. The summed E-state index contributed by atoms with van der Waals surface area (Å²) in [5, 5.41) is 6.50. The SMILES string of the molecule is CC(C)NC(=O)C(C)N(CC1CCCN1)C(C)C. The van der Waals surface area contributed by atoms with Crippen molar-refractivity contribution in [2.24, 2.45) is 0 Å². The second-order valence-electron chi connectivity index (χ2n) is 5.92. The van der Waals surface area contributed by atoms with E-state index in [1.54, 1.807) is 0 Å². The largest absolute Gasteiger partial charge is 0.353 e. The molecule has 1 rings (SSSR count). The first-order valence-electron chi connectivity index (χ1n) is 7.21. The molecule has 1 aliphatic heterocycles. The van der Waals surface area contributed by atoms with Gasteiger partial charge in [0.1, 0.15) is 0 Å². The van der Waals surface area contributed by atoms with Crippen molar-refractivity contribution in [1.29, 1.82) is 0 Å². The summed E-state index contributed by atoms with van der Waals surface area (Å²) in [7, 11) is 0. The summed E-state index contributed by atoms with van der Waals surface area (Å²) in [4.78, 5) is 14.4. The van der Waals surface area contributed by atoms with Gasteiger partial charge >= 0.3 is 0 Å². The zero-order chi connectivity index (χ0) is 13.7. The van der Waals surface area contributed by atoms with E-state index >= 15 is 0 Å². The van der Waals surface area contributed by atoms with Gasteiger partial charge in [0.05, 0.1) is 6.04 Å². The second kappa shape index (κ2) is 7.10. The summed E-state index contributed by atoms with van der Waals surface area (Å²) in [6.07, 6.45) is 2.48. The number of hydrogen-bond donors (Lipinski definition) is 2. The zero-order valence-electron chi connectivity index (χ0n) is 12.5. The molecule has 0 aliphatic carbocycles. The first-order valence-corrected chi connectivity index (χ1v) is 7.21. The zero-order valence-corrected chi connectivity index (χ0v) is 12.5. The first-order chi connectivity index (χ1) is 8.41. The second-order valence-corrected chi connectivity index (χ2v) is 5.92. The van der Waals surface area contributed by atoms with Crippen molar-refractivity contribution in [3.05, 3.63) is 0 Å². The van der Waals surface area contributed by atoms with Gasteiger partial charge in [-0.05, 0) is 54.0 Å². The summed E-state index contributed by atoms with van der Waals surface area (Å²) in [6.45, 7) is 12.4. The van der Waals surface area contributed by atoms with E-state index in [-0.39, 0.29) is 18.0 Å². The van der Waals surface area contributed by atoms with E-state index in [9.17, 15) is 4.79 Å². The Morgan fingerprint density at radius 1 is 1.33 bits per heavy atom. The molecule has 0 aromatic rings. The van der Waals surface area contributed by atoms with Gasteiger partial charge in [0.2, 0.25) is 5.91 Å². The maximum Gasteiger partial charge on any atom is 0.237 e. The quantitative estimate of drug-likeness (QED) is 0.753. The molecular formula is C14H29N3O. The lowest BCUT2D eigenvalue weighted by molar-refractivity contribution is -0.127. The lowest BCUT2D eigenvalue weighted by Crippen LogP contribution is -2.52. The Hall–Kier alpha value is -0.610. The maximum absolute atomic E-state index is 12.1. The average molecular weight is 255 g/mol. The van der Waals surface area contributed by atoms with E-state index < -0.39 is 0 Å². The molecule has 0 bridgehead atoms. The van der Waals surface area contributed by atoms with Crippen LogP contribution in [0.2, 0.25) is 0 Å². The molecule has 2 unspecified atom stereocenters. The number of hydrogen-bond acceptors (Lipinski definition) is 3. The topological polar surface area (TPSA) is 44.4 Å². The van der Waals surface area contributed by atoms with Crippen molar-refractivity contribution in [3.8, 4) is 0 Å². The van der Waals surface area contributed by atoms with Crippen molar-refractivity contribution in [3.63, 3.8) is 0 Å². The smallest absolute Gasteiger partial charge is 0.237 e. The van der Waals surface area contributed by atoms with Gasteiger partial charge in [0.15, 0.2) is 0 Å². The minimum Gasteiger partial charge on any atom is -0.353 e. The summed E-state index contributed by atoms with van der Waals surface area (Å²) < 4.78 is 0. The monoisotopic (exact) mass is 255 g/mol. The van der Waals surface area contributed by atoms with Crippen LogP contribution in [0.25, 0.3) is 0 Å². The van der Waals surface area contributed by atoms with Gasteiger partial charge in [-0.25, -0.2) is 0 Å². The minimum absolute atomic E-state index is 0.0604. The molecule has 1 fully saturated rings. The number of carbonyl (C=O) groups excluding carboxylic acids is 1. The van der Waals surface area contributed by atoms with Crippen LogP contribution in [0.3, 0.4) is 0 Å². The van der Waals surface area contributed by atoms with E-state index in [1.165, 1.54) is 12.8 Å². The van der Waals surface area contributed by atoms with Crippen LogP contribution in [0.5, 0.6) is 0 Å². The van der Waals surface area contributed by atoms with E-state index in [2.05, 4.69) is 29.4 Å². The van der Waals surface area contributed by atoms with Crippen LogP contribution in [-0.4, -0.2) is 48.1 Å². The molecule has 0 aromatic carbocycles. The molecular weight excluding hydrogens is 226 g/mol. The normalized spacial score (nSPS) is 21.9. The number of nitrogens with one attached hydrogen (secondary N) is 2. The summed E-state index contributed by atoms with van der Waals surface area (Å²) >= 11 is 0. The average Bonchev–Trinajstić information content (AvgIpc) is 2.76. The molecule has 0 radical (unpaired) electrons. The molecule has 1 heterocycles. The molecule has 2 atom stereocenters. The van der Waals surface area contributed by atoms with Crippen molar-refractivity contribution >= 4 is 5.91 Å². The van der Waals surface area contributed by atoms with Gasteiger partial charge in [0.25, 0.3) is 0 Å². The minimum atomic E-state index is -0.0604. The molecule has 2 N–H and O–H groups in total. The van der Waals surface area contributed by atoms with Crippen LogP contribution in [0, 0.1) is 0 Å².